The van der Waals surface area contributed by atoms with Gasteiger partial charge in [0.15, 0.2) is 0 Å². The summed E-state index contributed by atoms with van der Waals surface area (Å²) < 4.78 is 81.4. The van der Waals surface area contributed by atoms with Gasteiger partial charge >= 0.3 is 6.18 Å². The molecule has 13 aromatic rings. The Balaban J connectivity index is 0.000000173. The van der Waals surface area contributed by atoms with Crippen molar-refractivity contribution in [2.24, 2.45) is 21.1 Å². The van der Waals surface area contributed by atoms with Crippen molar-refractivity contribution in [1.82, 2.24) is 74.5 Å². The number of methoxy groups -OCH3 is 7. The standard InChI is InChI=1S/C28H25N7O3.C26H29F3N6O2.C24H27N5O3.CH4/c1-34-18-19(16-31-34)26-17-30-24-8-7-20(14-25(24)32-26)35(21-12-22(36-2)15-23(13-21)37-3)11-5-6-27-29-10-9-28(33-27)38-4;1-5-25-21(14-32-34(25)2)24-15-31-22-7-6-17(12-23(22)33-24)35(9-8-30-16-26(27,28)29)18-10-19(36-3)13-20(11-18)37-4;1-5-24-20(14-26-28(24)2)23-15-25-21-7-6-16(12-22(21)27-23)29(8-9-30)17-10-18(31-3)13-19(11-17)32-4;/h7-10,12-18H,11H2,1-4H3;6-7,10-15,30H,5,8-9,16H2,1-4H3;6-7,10-15,30H,5,8-9H2,1-4H3;1H4. The molecule has 0 fully saturated rings. The van der Waals surface area contributed by atoms with Crippen molar-refractivity contribution in [3.05, 3.63) is 182 Å². The highest BCUT2D eigenvalue weighted by Gasteiger charge is 2.27. The maximum Gasteiger partial charge on any atom is 0.401 e. The maximum absolute atomic E-state index is 12.7. The number of anilines is 6. The number of benzene rings is 6. The number of hydrogen-bond acceptors (Lipinski definition) is 23. The summed E-state index contributed by atoms with van der Waals surface area (Å²) in [5, 5.41) is 25.2. The van der Waals surface area contributed by atoms with Gasteiger partial charge in [-0.2, -0.15) is 33.5 Å². The highest BCUT2D eigenvalue weighted by atomic mass is 19.4. The van der Waals surface area contributed by atoms with E-state index in [-0.39, 0.29) is 27.1 Å². The van der Waals surface area contributed by atoms with Crippen LogP contribution in [0.25, 0.3) is 66.9 Å². The fourth-order valence-electron chi connectivity index (χ4n) is 11.9. The van der Waals surface area contributed by atoms with Gasteiger partial charge in [-0.3, -0.25) is 29.0 Å². The smallest absolute Gasteiger partial charge is 0.401 e. The summed E-state index contributed by atoms with van der Waals surface area (Å²) in [5.74, 6) is 10.8. The van der Waals surface area contributed by atoms with Crippen molar-refractivity contribution in [3.63, 3.8) is 0 Å². The van der Waals surface area contributed by atoms with Crippen LogP contribution >= 0.6 is 0 Å². The summed E-state index contributed by atoms with van der Waals surface area (Å²) in [5.41, 5.74) is 16.5. The van der Waals surface area contributed by atoms with E-state index < -0.39 is 12.7 Å². The molecule has 0 atom stereocenters. The van der Waals surface area contributed by atoms with Gasteiger partial charge in [-0.05, 0) is 73.4 Å². The normalized spacial score (nSPS) is 11.0. The average molecular weight is 1470 g/mol. The average Bonchev–Trinajstić information content (AvgIpc) is 1.22. The van der Waals surface area contributed by atoms with E-state index >= 15 is 0 Å². The number of aliphatic hydroxyl groups is 1. The van der Waals surface area contributed by atoms with E-state index in [0.29, 0.717) is 81.7 Å². The summed E-state index contributed by atoms with van der Waals surface area (Å²) in [6, 6.07) is 35.7. The van der Waals surface area contributed by atoms with E-state index in [1.54, 1.807) is 104 Å². The lowest BCUT2D eigenvalue weighted by Crippen LogP contribution is -2.34. The Labute approximate surface area is 623 Å². The first-order chi connectivity index (χ1) is 51.8. The highest BCUT2D eigenvalue weighted by Crippen LogP contribution is 2.38. The van der Waals surface area contributed by atoms with Crippen LogP contribution in [0.5, 0.6) is 40.4 Å². The fraction of sp³-hybridized carbons (Fsp3) is 0.278. The first-order valence-corrected chi connectivity index (χ1v) is 33.9. The van der Waals surface area contributed by atoms with Crippen molar-refractivity contribution in [1.29, 1.82) is 0 Å². The molecule has 13 rings (SSSR count). The number of alkyl halides is 3. The van der Waals surface area contributed by atoms with Gasteiger partial charge < -0.3 is 58.3 Å². The Bertz CT molecular complexity index is 5230. The van der Waals surface area contributed by atoms with Crippen LogP contribution in [0.1, 0.15) is 38.5 Å². The number of aromatic nitrogens is 14. The second-order valence-corrected chi connectivity index (χ2v) is 24.0. The third kappa shape index (κ3) is 18.9. The van der Waals surface area contributed by atoms with E-state index in [1.165, 1.54) is 0 Å². The van der Waals surface area contributed by atoms with Crippen LogP contribution in [0.15, 0.2) is 165 Å². The molecule has 0 amide bonds. The van der Waals surface area contributed by atoms with Crippen LogP contribution in [-0.4, -0.2) is 170 Å². The Morgan fingerprint density at radius 3 is 1.30 bits per heavy atom. The minimum Gasteiger partial charge on any atom is -0.497 e. The third-order valence-electron chi connectivity index (χ3n) is 17.2. The van der Waals surface area contributed by atoms with E-state index in [0.717, 1.165) is 103 Å². The fourth-order valence-corrected chi connectivity index (χ4v) is 11.9. The number of nitrogens with one attached hydrogen (secondary N) is 1. The quantitative estimate of drug-likeness (QED) is 0.0398. The zero-order valence-electron chi connectivity index (χ0n) is 61.3. The van der Waals surface area contributed by atoms with Gasteiger partial charge in [0.05, 0.1) is 157 Å². The van der Waals surface area contributed by atoms with Crippen molar-refractivity contribution in [2.75, 3.05) is 104 Å². The summed E-state index contributed by atoms with van der Waals surface area (Å²) in [6.07, 6.45) is 11.5. The maximum atomic E-state index is 12.7. The number of halogens is 3. The van der Waals surface area contributed by atoms with Crippen LogP contribution in [0.2, 0.25) is 0 Å². The molecule has 7 aromatic heterocycles. The molecule has 0 saturated carbocycles. The summed E-state index contributed by atoms with van der Waals surface area (Å²) >= 11 is 0. The Hall–Kier alpha value is -12.7. The molecule has 29 heteroatoms. The molecular weight excluding hydrogens is 1390 g/mol. The van der Waals surface area contributed by atoms with Gasteiger partial charge in [0, 0.05) is 176 Å². The number of ether oxygens (including phenoxy) is 7. The molecule has 0 unspecified atom stereocenters. The van der Waals surface area contributed by atoms with E-state index in [1.807, 2.05) is 161 Å². The zero-order chi connectivity index (χ0) is 75.7. The van der Waals surface area contributed by atoms with Gasteiger partial charge in [0.1, 0.15) is 34.5 Å². The molecule has 0 spiro atoms. The van der Waals surface area contributed by atoms with Crippen LogP contribution in [0, 0.1) is 11.8 Å². The van der Waals surface area contributed by atoms with Crippen molar-refractivity contribution in [3.8, 4) is 86.0 Å². The predicted molar refractivity (Wildman–Crippen MR) is 412 cm³/mol. The first-order valence-electron chi connectivity index (χ1n) is 33.9. The van der Waals surface area contributed by atoms with Crippen LogP contribution in [0.3, 0.4) is 0 Å². The van der Waals surface area contributed by atoms with E-state index in [2.05, 4.69) is 71.2 Å². The molecule has 108 heavy (non-hydrogen) atoms. The molecule has 0 saturated heterocycles. The van der Waals surface area contributed by atoms with Crippen molar-refractivity contribution < 1.29 is 51.4 Å². The molecule has 7 heterocycles. The molecule has 26 nitrogen and oxygen atoms in total. The molecule has 0 bridgehead atoms. The lowest BCUT2D eigenvalue weighted by Gasteiger charge is -2.26. The monoisotopic (exact) mass is 1470 g/mol. The van der Waals surface area contributed by atoms with Gasteiger partial charge in [-0.15, -0.1) is 0 Å². The molecular formula is C79H85F3N18O8. The zero-order valence-corrected chi connectivity index (χ0v) is 61.3. The minimum absolute atomic E-state index is 0. The summed E-state index contributed by atoms with van der Waals surface area (Å²) in [7, 11) is 16.8. The van der Waals surface area contributed by atoms with Gasteiger partial charge in [0.2, 0.25) is 11.7 Å². The third-order valence-corrected chi connectivity index (χ3v) is 17.2. The highest BCUT2D eigenvalue weighted by molar-refractivity contribution is 5.86. The minimum atomic E-state index is -4.29. The SMILES string of the molecule is C.CCc1c(-c2cnc3ccc(N(CCNCC(F)(F)F)c4cc(OC)cc(OC)c4)cc3n2)cnn1C.CCc1c(-c2cnc3ccc(N(CCO)c4cc(OC)cc(OC)c4)cc3n2)cnn1C.COc1cc(OC)cc(N(CC#Cc2nccc(OC)n2)c2ccc3ncc(-c4cnn(C)c4)nc3c2)c1. The lowest BCUT2D eigenvalue weighted by atomic mass is 10.1. The predicted octanol–water partition coefficient (Wildman–Crippen LogP) is 13.3. The molecule has 0 radical (unpaired) electrons. The van der Waals surface area contributed by atoms with Gasteiger partial charge in [0.25, 0.3) is 0 Å². The number of aryl methyl sites for hydroxylation is 3. The molecule has 0 aliphatic heterocycles. The van der Waals surface area contributed by atoms with Crippen molar-refractivity contribution >= 4 is 67.2 Å². The van der Waals surface area contributed by atoms with Gasteiger partial charge in [-0.25, -0.2) is 19.9 Å². The van der Waals surface area contributed by atoms with E-state index in [4.69, 9.17) is 48.1 Å². The summed E-state index contributed by atoms with van der Waals surface area (Å²) in [4.78, 5) is 42.8. The molecule has 0 aliphatic carbocycles. The number of hydrogen-bond donors (Lipinski definition) is 2. The lowest BCUT2D eigenvalue weighted by molar-refractivity contribution is -0.124. The van der Waals surface area contributed by atoms with Crippen LogP contribution in [0.4, 0.5) is 47.3 Å². The van der Waals surface area contributed by atoms with Crippen LogP contribution in [-0.2, 0) is 34.0 Å². The second kappa shape index (κ2) is 35.9. The Morgan fingerprint density at radius 2 is 0.889 bits per heavy atom. The Morgan fingerprint density at radius 1 is 0.463 bits per heavy atom. The summed E-state index contributed by atoms with van der Waals surface area (Å²) in [6.45, 7) is 4.16. The molecule has 560 valence electrons. The van der Waals surface area contributed by atoms with E-state index in [9.17, 15) is 18.3 Å². The molecule has 0 aliphatic rings. The van der Waals surface area contributed by atoms with Crippen molar-refractivity contribution in [2.45, 2.75) is 40.3 Å². The topological polar surface area (TPSA) is 263 Å². The first kappa shape index (κ1) is 77.9. The number of nitrogens with zero attached hydrogens (tertiary/aromatic N) is 17. The number of aliphatic hydroxyl groups excluding tert-OH is 1. The second-order valence-electron chi connectivity index (χ2n) is 24.0. The number of fused-ring (bicyclic) bond motifs is 3. The molecule has 2 N–H and O–H groups in total. The molecule has 6 aromatic carbocycles. The van der Waals surface area contributed by atoms with Gasteiger partial charge in [-0.1, -0.05) is 27.2 Å². The Kier molecular flexibility index (Phi) is 25.9. The van der Waals surface area contributed by atoms with Crippen LogP contribution < -0.4 is 53.2 Å². The number of rotatable bonds is 25. The largest absolute Gasteiger partial charge is 0.497 e.